The number of esters is 3. The van der Waals surface area contributed by atoms with Crippen LogP contribution in [0.1, 0.15) is 79.2 Å². The molecule has 3 aliphatic heterocycles. The van der Waals surface area contributed by atoms with E-state index < -0.39 is 76.9 Å². The molecule has 3 N–H and O–H groups in total. The number of aromatic hydroxyl groups is 2. The van der Waals surface area contributed by atoms with Gasteiger partial charge in [-0.25, -0.2) is 9.59 Å². The van der Waals surface area contributed by atoms with E-state index in [1.807, 2.05) is 0 Å². The Bertz CT molecular complexity index is 1850. The van der Waals surface area contributed by atoms with Crippen molar-refractivity contribution in [3.63, 3.8) is 0 Å². The lowest BCUT2D eigenvalue weighted by Gasteiger charge is -2.53. The summed E-state index contributed by atoms with van der Waals surface area (Å²) in [6, 6.07) is 2.71. The second-order valence-corrected chi connectivity index (χ2v) is 12.7. The number of methoxy groups -OCH3 is 1. The highest BCUT2D eigenvalue weighted by Gasteiger charge is 2.81. The number of hydrogen-bond donors (Lipinski definition) is 3. The van der Waals surface area contributed by atoms with Crippen LogP contribution in [0.25, 0.3) is 5.57 Å². The van der Waals surface area contributed by atoms with E-state index in [2.05, 4.69) is 0 Å². The number of phenols is 2. The summed E-state index contributed by atoms with van der Waals surface area (Å²) in [5.41, 5.74) is -1.49. The summed E-state index contributed by atoms with van der Waals surface area (Å²) < 4.78 is 30.4. The smallest absolute Gasteiger partial charge is 0.343 e. The average molecular weight is 605 g/mol. The predicted octanol–water partition coefficient (Wildman–Crippen LogP) is 2.43. The standard InChI is InChI=1S/C32H28O12/c1-10-6-14(35)18-22-16(10)24(36)23-27(42-12(3)33)31(22,9-41-28(18)37)26-25-19-15(8-30(4,39)44-25)43-29(38)17-13(34)7-11(2)21(20(17)19)32(23,26)40-5/h6-7,15,23,26-27,34-35,39H,8-9H2,1-5H3. The molecule has 1 spiro atoms. The summed E-state index contributed by atoms with van der Waals surface area (Å²) in [6.07, 6.45) is -2.46. The number of aliphatic hydroxyl groups is 1. The summed E-state index contributed by atoms with van der Waals surface area (Å²) in [5, 5.41) is 33.6. The molecule has 6 aliphatic rings. The second-order valence-electron chi connectivity index (χ2n) is 12.7. The van der Waals surface area contributed by atoms with E-state index in [4.69, 9.17) is 23.7 Å². The molecule has 0 saturated heterocycles. The normalized spacial score (nSPS) is 35.2. The van der Waals surface area contributed by atoms with Crippen molar-refractivity contribution >= 4 is 29.3 Å². The fraction of sp³-hybridized carbons (Fsp3) is 0.438. The fourth-order valence-electron chi connectivity index (χ4n) is 9.24. The largest absolute Gasteiger partial charge is 0.507 e. The van der Waals surface area contributed by atoms with Crippen LogP contribution in [-0.2, 0) is 39.5 Å². The molecular formula is C32H28O12. The number of hydrogen-bond acceptors (Lipinski definition) is 12. The quantitative estimate of drug-likeness (QED) is 0.338. The maximum absolute atomic E-state index is 14.9. The first-order valence-electron chi connectivity index (χ1n) is 14.3. The van der Waals surface area contributed by atoms with E-state index in [9.17, 15) is 34.5 Å². The minimum atomic E-state index is -1.87. The average Bonchev–Trinajstić information content (AvgIpc) is 3.10. The van der Waals surface area contributed by atoms with Gasteiger partial charge in [0.25, 0.3) is 0 Å². The third kappa shape index (κ3) is 2.78. The number of Topliss-reactive ketones (excluding diaryl/α,β-unsaturated/α-hetero) is 1. The Balaban J connectivity index is 1.62. The molecule has 1 saturated carbocycles. The lowest BCUT2D eigenvalue weighted by molar-refractivity contribution is -0.206. The molecule has 12 nitrogen and oxygen atoms in total. The van der Waals surface area contributed by atoms with E-state index in [0.29, 0.717) is 22.3 Å². The number of fused-ring (bicyclic) bond motifs is 5. The van der Waals surface area contributed by atoms with Crippen molar-refractivity contribution in [2.24, 2.45) is 11.8 Å². The van der Waals surface area contributed by atoms with Gasteiger partial charge in [0.1, 0.15) is 52.8 Å². The molecule has 12 heteroatoms. The molecule has 3 heterocycles. The van der Waals surface area contributed by atoms with Crippen molar-refractivity contribution in [1.29, 1.82) is 0 Å². The zero-order valence-corrected chi connectivity index (χ0v) is 24.4. The van der Waals surface area contributed by atoms with E-state index in [0.717, 1.165) is 0 Å². The third-order valence-electron chi connectivity index (χ3n) is 10.4. The maximum Gasteiger partial charge on any atom is 0.343 e. The minimum absolute atomic E-state index is 0.0875. The second kappa shape index (κ2) is 7.99. The number of ether oxygens (including phenoxy) is 5. The highest BCUT2D eigenvalue weighted by Crippen LogP contribution is 2.73. The highest BCUT2D eigenvalue weighted by molar-refractivity contribution is 6.11. The molecule has 44 heavy (non-hydrogen) atoms. The Kier molecular flexibility index (Phi) is 4.93. The molecule has 7 unspecified atom stereocenters. The molecular weight excluding hydrogens is 576 g/mol. The van der Waals surface area contributed by atoms with Gasteiger partial charge < -0.3 is 39.0 Å². The molecule has 0 radical (unpaired) electrons. The van der Waals surface area contributed by atoms with Gasteiger partial charge in [0.05, 0.1) is 23.7 Å². The Morgan fingerprint density at radius 2 is 1.66 bits per heavy atom. The number of carbonyl (C=O) groups is 4. The number of ketones is 1. The van der Waals surface area contributed by atoms with E-state index in [1.165, 1.54) is 33.1 Å². The maximum atomic E-state index is 14.9. The van der Waals surface area contributed by atoms with Crippen LogP contribution < -0.4 is 0 Å². The molecule has 2 aromatic carbocycles. The van der Waals surface area contributed by atoms with Crippen LogP contribution >= 0.6 is 0 Å². The van der Waals surface area contributed by atoms with Gasteiger partial charge in [-0.3, -0.25) is 9.59 Å². The van der Waals surface area contributed by atoms with Gasteiger partial charge in [0.2, 0.25) is 5.79 Å². The van der Waals surface area contributed by atoms with E-state index >= 15 is 0 Å². The van der Waals surface area contributed by atoms with Crippen molar-refractivity contribution < 1.29 is 58.2 Å². The lowest BCUT2D eigenvalue weighted by atomic mass is 9.59. The van der Waals surface area contributed by atoms with E-state index in [1.54, 1.807) is 13.8 Å². The first kappa shape index (κ1) is 27.2. The van der Waals surface area contributed by atoms with Crippen molar-refractivity contribution in [2.45, 2.75) is 63.1 Å². The molecule has 7 atom stereocenters. The zero-order valence-electron chi connectivity index (χ0n) is 24.4. The number of phenolic OH excluding ortho intramolecular Hbond substituents is 2. The summed E-state index contributed by atoms with van der Waals surface area (Å²) in [7, 11) is 1.39. The molecule has 228 valence electrons. The number of benzene rings is 2. The SMILES string of the molecule is COC12c3c(C)cc(O)c4c3C3=C(OC(C)(O)CC3OC4=O)C1C13COC(=O)c4c(O)cc(C)c(c41)C(=O)C2C3OC(C)=O. The van der Waals surface area contributed by atoms with Crippen LogP contribution in [0.15, 0.2) is 17.9 Å². The molecule has 2 bridgehead atoms. The van der Waals surface area contributed by atoms with Gasteiger partial charge in [-0.15, -0.1) is 0 Å². The molecule has 3 aliphatic carbocycles. The van der Waals surface area contributed by atoms with Gasteiger partial charge in [-0.05, 0) is 48.2 Å². The van der Waals surface area contributed by atoms with Gasteiger partial charge in [-0.1, -0.05) is 0 Å². The molecule has 2 aromatic rings. The van der Waals surface area contributed by atoms with Gasteiger partial charge in [0.15, 0.2) is 5.78 Å². The van der Waals surface area contributed by atoms with Crippen molar-refractivity contribution in [2.75, 3.05) is 13.7 Å². The molecule has 0 amide bonds. The van der Waals surface area contributed by atoms with Crippen LogP contribution in [0.2, 0.25) is 0 Å². The Morgan fingerprint density at radius 3 is 2.34 bits per heavy atom. The van der Waals surface area contributed by atoms with Crippen molar-refractivity contribution in [3.8, 4) is 11.5 Å². The summed E-state index contributed by atoms with van der Waals surface area (Å²) >= 11 is 0. The lowest BCUT2D eigenvalue weighted by Crippen LogP contribution is -2.58. The minimum Gasteiger partial charge on any atom is -0.507 e. The first-order valence-corrected chi connectivity index (χ1v) is 14.3. The summed E-state index contributed by atoms with van der Waals surface area (Å²) in [6.45, 7) is 5.55. The Labute approximate surface area is 250 Å². The van der Waals surface area contributed by atoms with Crippen LogP contribution in [0.5, 0.6) is 11.5 Å². The van der Waals surface area contributed by atoms with Crippen LogP contribution in [0.3, 0.4) is 0 Å². The monoisotopic (exact) mass is 604 g/mol. The van der Waals surface area contributed by atoms with Crippen molar-refractivity contribution in [1.82, 2.24) is 0 Å². The predicted molar refractivity (Wildman–Crippen MR) is 146 cm³/mol. The van der Waals surface area contributed by atoms with Crippen LogP contribution in [0, 0.1) is 25.7 Å². The fourth-order valence-corrected chi connectivity index (χ4v) is 9.24. The van der Waals surface area contributed by atoms with Crippen LogP contribution in [-0.4, -0.2) is 70.7 Å². The number of aryl methyl sites for hydroxylation is 2. The summed E-state index contributed by atoms with van der Waals surface area (Å²) in [5.74, 6) is -7.83. The first-order chi connectivity index (χ1) is 20.7. The Morgan fingerprint density at radius 1 is 0.977 bits per heavy atom. The molecule has 1 fully saturated rings. The summed E-state index contributed by atoms with van der Waals surface area (Å²) in [4.78, 5) is 54.4. The molecule has 0 aromatic heterocycles. The Hall–Kier alpha value is -4.42. The van der Waals surface area contributed by atoms with Crippen LogP contribution in [0.4, 0.5) is 0 Å². The van der Waals surface area contributed by atoms with Gasteiger partial charge >= 0.3 is 17.9 Å². The highest BCUT2D eigenvalue weighted by atomic mass is 16.6. The number of cyclic esters (lactones) is 1. The van der Waals surface area contributed by atoms with Gasteiger partial charge in [0, 0.05) is 37.7 Å². The van der Waals surface area contributed by atoms with Crippen molar-refractivity contribution in [3.05, 3.63) is 62.4 Å². The number of rotatable bonds is 2. The third-order valence-corrected chi connectivity index (χ3v) is 10.4. The van der Waals surface area contributed by atoms with Gasteiger partial charge in [-0.2, -0.15) is 0 Å². The topological polar surface area (TPSA) is 175 Å². The molecule has 8 rings (SSSR count). The van der Waals surface area contributed by atoms with E-state index in [-0.39, 0.29) is 45.7 Å². The zero-order chi connectivity index (χ0) is 31.4. The number of carbonyl (C=O) groups excluding carboxylic acids is 4.